The van der Waals surface area contributed by atoms with Crippen molar-refractivity contribution < 1.29 is 29.0 Å². The highest BCUT2D eigenvalue weighted by Crippen LogP contribution is 2.62. The van der Waals surface area contributed by atoms with Crippen LogP contribution in [0.5, 0.6) is 0 Å². The summed E-state index contributed by atoms with van der Waals surface area (Å²) in [6.45, 7) is 7.69. The molecule has 0 aromatic rings. The Kier molecular flexibility index (Phi) is 6.24. The van der Waals surface area contributed by atoms with Crippen molar-refractivity contribution in [1.82, 2.24) is 0 Å². The number of esters is 1. The molecule has 8 heteroatoms. The second kappa shape index (κ2) is 8.54. The Hall–Kier alpha value is -1.77. The second-order valence-electron chi connectivity index (χ2n) is 10.1. The van der Waals surface area contributed by atoms with Crippen LogP contribution < -0.4 is 0 Å². The van der Waals surface area contributed by atoms with Crippen molar-refractivity contribution in [1.29, 1.82) is 0 Å². The average molecular weight is 450 g/mol. The van der Waals surface area contributed by atoms with Gasteiger partial charge in [-0.3, -0.25) is 10.1 Å². The Bertz CT molecular complexity index is 825. The molecular formula is C24H35NO7. The SMILES string of the molecule is CC[C@H]1OC(=O)[C@@H](OC)C[C@H]2C=C[C@H]3[C@H]4O[C@]2(C(C)=C[C@H]1C)[C@@H]3[C@H](O)C(C)[C@H]4C[N+](=O)[O-]. The van der Waals surface area contributed by atoms with E-state index in [1.807, 2.05) is 33.8 Å². The van der Waals surface area contributed by atoms with Gasteiger partial charge in [-0.05, 0) is 31.3 Å². The standard InChI is InChI=1S/C24H35NO7/c1-6-18-12(2)9-13(3)24-15(10-19(30-5)23(27)31-18)7-8-16-20(24)21(26)14(4)17(11-25(28)29)22(16)32-24/h7-9,12,14-22,26H,6,10-11H2,1-5H3/t12-,14?,15-,16-,17-,18-,19+,20+,21-,22-,24+/m1/s1. The van der Waals surface area contributed by atoms with Crippen molar-refractivity contribution in [2.45, 2.75) is 70.6 Å². The summed E-state index contributed by atoms with van der Waals surface area (Å²) in [4.78, 5) is 24.0. The smallest absolute Gasteiger partial charge is 0.335 e. The van der Waals surface area contributed by atoms with E-state index in [2.05, 4.69) is 12.2 Å². The van der Waals surface area contributed by atoms with Crippen LogP contribution in [-0.4, -0.2) is 59.7 Å². The summed E-state index contributed by atoms with van der Waals surface area (Å²) in [6.07, 6.45) is 5.12. The molecule has 1 saturated carbocycles. The molecule has 2 aliphatic carbocycles. The van der Waals surface area contributed by atoms with Gasteiger partial charge in [0, 0.05) is 35.7 Å². The zero-order valence-electron chi connectivity index (χ0n) is 19.5. The third kappa shape index (κ3) is 3.42. The molecule has 0 amide bonds. The van der Waals surface area contributed by atoms with Crippen LogP contribution in [0.3, 0.4) is 0 Å². The predicted molar refractivity (Wildman–Crippen MR) is 116 cm³/mol. The van der Waals surface area contributed by atoms with Crippen LogP contribution in [0.25, 0.3) is 0 Å². The summed E-state index contributed by atoms with van der Waals surface area (Å²) < 4.78 is 18.2. The first-order chi connectivity index (χ1) is 15.1. The first-order valence-corrected chi connectivity index (χ1v) is 11.7. The van der Waals surface area contributed by atoms with E-state index in [9.17, 15) is 20.0 Å². The molecule has 1 unspecified atom stereocenters. The molecule has 2 fully saturated rings. The third-order valence-corrected chi connectivity index (χ3v) is 8.50. The molecule has 11 atom stereocenters. The van der Waals surface area contributed by atoms with Crippen molar-refractivity contribution >= 4 is 5.97 Å². The molecule has 8 nitrogen and oxygen atoms in total. The van der Waals surface area contributed by atoms with E-state index < -0.39 is 17.8 Å². The van der Waals surface area contributed by atoms with Crippen LogP contribution in [0.4, 0.5) is 0 Å². The number of carbonyl (C=O) groups excluding carboxylic acids is 1. The number of carbonyl (C=O) groups is 1. The Morgan fingerprint density at radius 3 is 2.69 bits per heavy atom. The number of aliphatic hydroxyl groups is 1. The molecule has 1 saturated heterocycles. The topological polar surface area (TPSA) is 108 Å². The van der Waals surface area contributed by atoms with Crippen LogP contribution in [0.2, 0.25) is 0 Å². The van der Waals surface area contributed by atoms with E-state index in [-0.39, 0.29) is 65.2 Å². The van der Waals surface area contributed by atoms with Crippen molar-refractivity contribution in [2.24, 2.45) is 35.5 Å². The van der Waals surface area contributed by atoms with Crippen molar-refractivity contribution in [2.75, 3.05) is 13.7 Å². The fraction of sp³-hybridized carbons (Fsp3) is 0.792. The highest BCUT2D eigenvalue weighted by atomic mass is 16.6. The lowest BCUT2D eigenvalue weighted by atomic mass is 9.56. The molecule has 1 N–H and O–H groups in total. The minimum Gasteiger partial charge on any atom is -0.460 e. The molecule has 0 radical (unpaired) electrons. The summed E-state index contributed by atoms with van der Waals surface area (Å²) in [5.74, 6) is -1.61. The minimum absolute atomic E-state index is 0.0490. The van der Waals surface area contributed by atoms with Crippen LogP contribution in [0.15, 0.2) is 23.8 Å². The maximum atomic E-state index is 12.9. The van der Waals surface area contributed by atoms with Crippen LogP contribution in [0.1, 0.15) is 40.5 Å². The molecule has 4 aliphatic rings. The Morgan fingerprint density at radius 2 is 2.06 bits per heavy atom. The lowest BCUT2D eigenvalue weighted by molar-refractivity contribution is -0.494. The molecule has 32 heavy (non-hydrogen) atoms. The summed E-state index contributed by atoms with van der Waals surface area (Å²) in [6, 6.07) is 0. The number of hydrogen-bond donors (Lipinski definition) is 1. The third-order valence-electron chi connectivity index (χ3n) is 8.50. The number of nitro groups is 1. The molecule has 0 aromatic carbocycles. The van der Waals surface area contributed by atoms with E-state index >= 15 is 0 Å². The van der Waals surface area contributed by atoms with Gasteiger partial charge in [-0.1, -0.05) is 39.0 Å². The van der Waals surface area contributed by atoms with Crippen molar-refractivity contribution in [3.8, 4) is 0 Å². The van der Waals surface area contributed by atoms with E-state index in [4.69, 9.17) is 14.2 Å². The highest BCUT2D eigenvalue weighted by Gasteiger charge is 2.68. The summed E-state index contributed by atoms with van der Waals surface area (Å²) >= 11 is 0. The average Bonchev–Trinajstić information content (AvgIpc) is 2.94. The zero-order valence-corrected chi connectivity index (χ0v) is 19.5. The highest BCUT2D eigenvalue weighted by molar-refractivity contribution is 5.75. The van der Waals surface area contributed by atoms with Crippen LogP contribution in [0, 0.1) is 45.6 Å². The number of hydrogen-bond acceptors (Lipinski definition) is 7. The van der Waals surface area contributed by atoms with Gasteiger partial charge in [0.2, 0.25) is 6.54 Å². The van der Waals surface area contributed by atoms with Crippen molar-refractivity contribution in [3.63, 3.8) is 0 Å². The number of rotatable bonds is 4. The monoisotopic (exact) mass is 449 g/mol. The molecule has 4 bridgehead atoms. The molecule has 2 heterocycles. The lowest BCUT2D eigenvalue weighted by Gasteiger charge is -2.48. The van der Waals surface area contributed by atoms with E-state index in [0.717, 1.165) is 5.57 Å². The lowest BCUT2D eigenvalue weighted by Crippen LogP contribution is -2.56. The maximum absolute atomic E-state index is 12.9. The van der Waals surface area contributed by atoms with Gasteiger partial charge in [0.1, 0.15) is 11.7 Å². The van der Waals surface area contributed by atoms with Gasteiger partial charge < -0.3 is 19.3 Å². The number of nitrogens with zero attached hydrogens (tertiary/aromatic N) is 1. The summed E-state index contributed by atoms with van der Waals surface area (Å²) in [5.41, 5.74) is 0.167. The normalized spacial score (nSPS) is 47.9. The minimum atomic E-state index is -0.829. The Balaban J connectivity index is 1.84. The first-order valence-electron chi connectivity index (χ1n) is 11.7. The second-order valence-corrected chi connectivity index (χ2v) is 10.1. The van der Waals surface area contributed by atoms with Crippen molar-refractivity contribution in [3.05, 3.63) is 33.9 Å². The van der Waals surface area contributed by atoms with E-state index in [1.54, 1.807) is 0 Å². The van der Waals surface area contributed by atoms with Gasteiger partial charge >= 0.3 is 5.97 Å². The van der Waals surface area contributed by atoms with Gasteiger partial charge in [0.25, 0.3) is 0 Å². The zero-order chi connectivity index (χ0) is 23.4. The molecule has 0 aromatic heterocycles. The van der Waals surface area contributed by atoms with E-state index in [1.165, 1.54) is 7.11 Å². The number of methoxy groups -OCH3 is 1. The molecule has 178 valence electrons. The maximum Gasteiger partial charge on any atom is 0.335 e. The molecular weight excluding hydrogens is 414 g/mol. The molecule has 2 aliphatic heterocycles. The van der Waals surface area contributed by atoms with Gasteiger partial charge in [-0.15, -0.1) is 0 Å². The predicted octanol–water partition coefficient (Wildman–Crippen LogP) is 2.77. The van der Waals surface area contributed by atoms with E-state index in [0.29, 0.717) is 12.8 Å². The summed E-state index contributed by atoms with van der Waals surface area (Å²) in [7, 11) is 1.50. The quantitative estimate of drug-likeness (QED) is 0.304. The van der Waals surface area contributed by atoms with Gasteiger partial charge in [-0.2, -0.15) is 0 Å². The van der Waals surface area contributed by atoms with Gasteiger partial charge in [0.15, 0.2) is 6.10 Å². The fourth-order valence-corrected chi connectivity index (χ4v) is 6.86. The fourth-order valence-electron chi connectivity index (χ4n) is 6.86. The number of aliphatic hydroxyl groups excluding tert-OH is 1. The largest absolute Gasteiger partial charge is 0.460 e. The summed E-state index contributed by atoms with van der Waals surface area (Å²) in [5, 5.41) is 22.9. The van der Waals surface area contributed by atoms with Crippen LogP contribution in [-0.2, 0) is 19.0 Å². The Labute approximate surface area is 189 Å². The number of ether oxygens (including phenoxy) is 3. The Morgan fingerprint density at radius 1 is 1.34 bits per heavy atom. The van der Waals surface area contributed by atoms with Gasteiger partial charge in [-0.25, -0.2) is 4.79 Å². The van der Waals surface area contributed by atoms with Crippen LogP contribution >= 0.6 is 0 Å². The molecule has 1 spiro atoms. The van der Waals surface area contributed by atoms with Gasteiger partial charge in [0.05, 0.1) is 18.1 Å². The number of cyclic esters (lactones) is 1. The first kappa shape index (κ1) is 23.4. The molecule has 4 rings (SSSR count).